The number of nitrogens with one attached hydrogen (secondary N) is 1. The first-order chi connectivity index (χ1) is 11.4. The molecule has 1 aromatic heterocycles. The summed E-state index contributed by atoms with van der Waals surface area (Å²) in [6.07, 6.45) is 5.48. The minimum absolute atomic E-state index is 0.192. The first-order valence-electron chi connectivity index (χ1n) is 8.54. The van der Waals surface area contributed by atoms with Crippen LogP contribution in [0.3, 0.4) is 0 Å². The summed E-state index contributed by atoms with van der Waals surface area (Å²) in [5.41, 5.74) is 1.52. The predicted octanol–water partition coefficient (Wildman–Crippen LogP) is 1.13. The van der Waals surface area contributed by atoms with Crippen molar-refractivity contribution in [3.8, 4) is 0 Å². The largest absolute Gasteiger partial charge is 0.480 e. The van der Waals surface area contributed by atoms with Crippen LogP contribution in [0.2, 0.25) is 0 Å². The van der Waals surface area contributed by atoms with Crippen LogP contribution >= 0.6 is 0 Å². The Bertz CT molecular complexity index is 668. The number of aryl methyl sites for hydroxylation is 2. The van der Waals surface area contributed by atoms with E-state index in [0.717, 1.165) is 48.0 Å². The van der Waals surface area contributed by atoms with Crippen molar-refractivity contribution < 1.29 is 14.7 Å². The highest BCUT2D eigenvalue weighted by molar-refractivity contribution is 5.83. The Hall–Kier alpha value is -2.18. The van der Waals surface area contributed by atoms with Crippen LogP contribution < -0.4 is 10.9 Å². The number of carboxylic acid groups (broad SMARTS) is 1. The van der Waals surface area contributed by atoms with Crippen molar-refractivity contribution in [3.63, 3.8) is 0 Å². The highest BCUT2D eigenvalue weighted by Gasteiger charge is 2.25. The van der Waals surface area contributed by atoms with E-state index in [-0.39, 0.29) is 18.0 Å². The number of aliphatic carboxylic acids is 1. The van der Waals surface area contributed by atoms with Gasteiger partial charge in [0.05, 0.1) is 5.69 Å². The van der Waals surface area contributed by atoms with Crippen LogP contribution in [0.1, 0.15) is 50.8 Å². The van der Waals surface area contributed by atoms with Crippen molar-refractivity contribution in [2.75, 3.05) is 0 Å². The fourth-order valence-electron chi connectivity index (χ4n) is 2.93. The zero-order chi connectivity index (χ0) is 17.7. The van der Waals surface area contributed by atoms with Crippen LogP contribution in [0.4, 0.5) is 0 Å². The Kier molecular flexibility index (Phi) is 6.11. The van der Waals surface area contributed by atoms with Gasteiger partial charge in [-0.05, 0) is 37.2 Å². The fourth-order valence-corrected chi connectivity index (χ4v) is 2.93. The van der Waals surface area contributed by atoms with Gasteiger partial charge < -0.3 is 10.4 Å². The number of carbonyl (C=O) groups excluding carboxylic acids is 1. The molecule has 2 N–H and O–H groups in total. The number of hydrogen-bond acceptors (Lipinski definition) is 4. The number of hydrogen-bond donors (Lipinski definition) is 2. The number of aromatic nitrogens is 2. The first-order valence-corrected chi connectivity index (χ1v) is 8.54. The lowest BCUT2D eigenvalue weighted by Gasteiger charge is -2.20. The Balaban J connectivity index is 2.12. The van der Waals surface area contributed by atoms with Crippen LogP contribution in [0.15, 0.2) is 10.9 Å². The Morgan fingerprint density at radius 1 is 1.33 bits per heavy atom. The maximum atomic E-state index is 12.2. The highest BCUT2D eigenvalue weighted by atomic mass is 16.4. The zero-order valence-electron chi connectivity index (χ0n) is 14.2. The Labute approximate surface area is 141 Å². The summed E-state index contributed by atoms with van der Waals surface area (Å²) in [7, 11) is 0. The maximum absolute atomic E-state index is 12.2. The second-order valence-electron chi connectivity index (χ2n) is 6.44. The van der Waals surface area contributed by atoms with Gasteiger partial charge in [-0.25, -0.2) is 9.48 Å². The van der Waals surface area contributed by atoms with E-state index in [1.165, 1.54) is 0 Å². The van der Waals surface area contributed by atoms with Gasteiger partial charge in [0.25, 0.3) is 5.56 Å². The molecule has 0 saturated heterocycles. The van der Waals surface area contributed by atoms with E-state index in [9.17, 15) is 19.5 Å². The van der Waals surface area contributed by atoms with Gasteiger partial charge in [-0.15, -0.1) is 0 Å². The molecule has 24 heavy (non-hydrogen) atoms. The molecule has 132 valence electrons. The lowest BCUT2D eigenvalue weighted by Crippen LogP contribution is -2.47. The van der Waals surface area contributed by atoms with Crippen LogP contribution in [0.25, 0.3) is 0 Å². The molecule has 1 heterocycles. The SMILES string of the molecule is CC[C@@H](C)[C@H](NC(=O)Cn1nc2c(cc1=O)CCCCC2)C(=O)O. The van der Waals surface area contributed by atoms with Gasteiger partial charge in [0.15, 0.2) is 0 Å². The van der Waals surface area contributed by atoms with E-state index >= 15 is 0 Å². The van der Waals surface area contributed by atoms with Crippen LogP contribution in [0, 0.1) is 5.92 Å². The van der Waals surface area contributed by atoms with Crippen molar-refractivity contribution >= 4 is 11.9 Å². The minimum Gasteiger partial charge on any atom is -0.480 e. The lowest BCUT2D eigenvalue weighted by molar-refractivity contribution is -0.143. The second-order valence-corrected chi connectivity index (χ2v) is 6.44. The summed E-state index contributed by atoms with van der Waals surface area (Å²) in [5, 5.41) is 16.1. The third kappa shape index (κ3) is 4.43. The Morgan fingerprint density at radius 2 is 2.04 bits per heavy atom. The topological polar surface area (TPSA) is 101 Å². The van der Waals surface area contributed by atoms with E-state index in [0.29, 0.717) is 6.42 Å². The monoisotopic (exact) mass is 335 g/mol. The summed E-state index contributed by atoms with van der Waals surface area (Å²) >= 11 is 0. The second kappa shape index (κ2) is 8.08. The van der Waals surface area contributed by atoms with E-state index in [2.05, 4.69) is 10.4 Å². The first kappa shape index (κ1) is 18.2. The van der Waals surface area contributed by atoms with E-state index < -0.39 is 17.9 Å². The van der Waals surface area contributed by atoms with Gasteiger partial charge in [0.1, 0.15) is 12.6 Å². The highest BCUT2D eigenvalue weighted by Crippen LogP contribution is 2.16. The molecule has 0 radical (unpaired) electrons. The van der Waals surface area contributed by atoms with E-state index in [1.54, 1.807) is 13.0 Å². The van der Waals surface area contributed by atoms with Crippen LogP contribution in [-0.4, -0.2) is 32.8 Å². The van der Waals surface area contributed by atoms with E-state index in [4.69, 9.17) is 0 Å². The van der Waals surface area contributed by atoms with Crippen LogP contribution in [0.5, 0.6) is 0 Å². The quantitative estimate of drug-likeness (QED) is 0.759. The zero-order valence-corrected chi connectivity index (χ0v) is 14.2. The summed E-state index contributed by atoms with van der Waals surface area (Å²) in [5.74, 6) is -1.77. The average molecular weight is 335 g/mol. The standard InChI is InChI=1S/C17H25N3O4/c1-3-11(2)16(17(23)24)18-14(21)10-20-15(22)9-12-7-5-4-6-8-13(12)19-20/h9,11,16H,3-8,10H2,1-2H3,(H,18,21)(H,23,24)/t11-,16+/m1/s1. The molecular formula is C17H25N3O4. The van der Waals surface area contributed by atoms with Crippen molar-refractivity contribution in [3.05, 3.63) is 27.7 Å². The molecule has 1 aliphatic rings. The molecule has 0 aromatic carbocycles. The smallest absolute Gasteiger partial charge is 0.326 e. The van der Waals surface area contributed by atoms with Gasteiger partial charge in [-0.1, -0.05) is 26.7 Å². The minimum atomic E-state index is -1.07. The van der Waals surface area contributed by atoms with Crippen molar-refractivity contribution in [1.29, 1.82) is 0 Å². The number of nitrogens with zero attached hydrogens (tertiary/aromatic N) is 2. The van der Waals surface area contributed by atoms with Gasteiger partial charge in [0.2, 0.25) is 5.91 Å². The normalized spacial score (nSPS) is 16.6. The molecule has 2 atom stereocenters. The van der Waals surface area contributed by atoms with Crippen LogP contribution in [-0.2, 0) is 29.0 Å². The number of amides is 1. The molecule has 2 rings (SSSR count). The third-order valence-corrected chi connectivity index (χ3v) is 4.61. The van der Waals surface area contributed by atoms with Crippen molar-refractivity contribution in [2.24, 2.45) is 5.92 Å². The number of carboxylic acids is 1. The molecule has 0 aliphatic heterocycles. The summed E-state index contributed by atoms with van der Waals surface area (Å²) < 4.78 is 1.13. The molecule has 1 amide bonds. The molecule has 7 heteroatoms. The van der Waals surface area contributed by atoms with E-state index in [1.807, 2.05) is 6.92 Å². The summed E-state index contributed by atoms with van der Waals surface area (Å²) in [6.45, 7) is 3.38. The number of fused-ring (bicyclic) bond motifs is 1. The molecule has 0 unspecified atom stereocenters. The number of carbonyl (C=O) groups is 2. The van der Waals surface area contributed by atoms with Crippen molar-refractivity contribution in [1.82, 2.24) is 15.1 Å². The predicted molar refractivity (Wildman–Crippen MR) is 88.8 cm³/mol. The maximum Gasteiger partial charge on any atom is 0.326 e. The Morgan fingerprint density at radius 3 is 2.71 bits per heavy atom. The molecule has 0 bridgehead atoms. The molecular weight excluding hydrogens is 310 g/mol. The van der Waals surface area contributed by atoms with Gasteiger partial charge >= 0.3 is 5.97 Å². The van der Waals surface area contributed by atoms with Gasteiger partial charge in [0, 0.05) is 6.07 Å². The third-order valence-electron chi connectivity index (χ3n) is 4.61. The van der Waals surface area contributed by atoms with Gasteiger partial charge in [-0.2, -0.15) is 5.10 Å². The number of rotatable bonds is 6. The molecule has 0 fully saturated rings. The molecule has 1 aromatic rings. The molecule has 1 aliphatic carbocycles. The summed E-state index contributed by atoms with van der Waals surface area (Å²) in [6, 6.07) is 0.601. The fraction of sp³-hybridized carbons (Fsp3) is 0.647. The van der Waals surface area contributed by atoms with Crippen molar-refractivity contribution in [2.45, 2.75) is 65.0 Å². The summed E-state index contributed by atoms with van der Waals surface area (Å²) in [4.78, 5) is 35.6. The lowest BCUT2D eigenvalue weighted by atomic mass is 9.99. The molecule has 7 nitrogen and oxygen atoms in total. The molecule has 0 saturated carbocycles. The average Bonchev–Trinajstić information content (AvgIpc) is 2.77. The van der Waals surface area contributed by atoms with Gasteiger partial charge in [-0.3, -0.25) is 9.59 Å². The molecule has 0 spiro atoms.